The normalized spacial score (nSPS) is 12.7. The van der Waals surface area contributed by atoms with Crippen LogP contribution in [-0.2, 0) is 64.3 Å². The summed E-state index contributed by atoms with van der Waals surface area (Å²) in [6.45, 7) is 1.87. The number of aryl methyl sites for hydroxylation is 4. The first-order valence-corrected chi connectivity index (χ1v) is 28.3. The van der Waals surface area contributed by atoms with E-state index in [2.05, 4.69) is 233 Å². The van der Waals surface area contributed by atoms with Crippen LogP contribution < -0.4 is 0 Å². The summed E-state index contributed by atoms with van der Waals surface area (Å²) in [7, 11) is 0. The van der Waals surface area contributed by atoms with E-state index >= 15 is 0 Å². The van der Waals surface area contributed by atoms with E-state index in [9.17, 15) is 0 Å². The van der Waals surface area contributed by atoms with Gasteiger partial charge in [0.2, 0.25) is 0 Å². The first kappa shape index (κ1) is 50.9. The van der Waals surface area contributed by atoms with Crippen LogP contribution >= 0.6 is 0 Å². The summed E-state index contributed by atoms with van der Waals surface area (Å²) in [6, 6.07) is 99.6. The van der Waals surface area contributed by atoms with Crippen LogP contribution in [0.3, 0.4) is 0 Å². The van der Waals surface area contributed by atoms with Gasteiger partial charge in [-0.05, 0) is 141 Å². The first-order valence-electron chi connectivity index (χ1n) is 28.3. The summed E-state index contributed by atoms with van der Waals surface area (Å²) in [5.74, 6) is 0. The number of hydrogen-bond donors (Lipinski definition) is 0. The van der Waals surface area contributed by atoms with Gasteiger partial charge in [-0.1, -0.05) is 170 Å². The average molecular weight is 1230 g/mol. The van der Waals surface area contributed by atoms with Crippen LogP contribution in [0.5, 0.6) is 0 Å². The first-order chi connectivity index (χ1) is 40.1. The van der Waals surface area contributed by atoms with Gasteiger partial charge in [-0.3, -0.25) is 0 Å². The number of fused-ring (bicyclic) bond motifs is 12. The standard InChI is InChI=1S/C66H48N3.C11H8N.Ir/c1-5-16-62-55(11-1)56-12-2-6-17-63(56)68(62)37-34-44-20-24-46(25-21-44)48-30-32-53-54-33-31-49(41-60(54)66(59(53)40-48)42-51-29-28-50(39-52(51)43-66)61-15-9-10-36-67-61)47-26-22-45(23-27-47)35-38-69-64-18-7-3-13-57(64)58-14-4-8-19-65(58)69;1-2-6-10(7-3-1)11-8-4-5-9-12-11;/h1-27,29-33,36,39-41H,34-35,37-38,42-43H2;1-6,8-9H;/q2*-1;. The molecule has 0 saturated heterocycles. The van der Waals surface area contributed by atoms with Gasteiger partial charge in [-0.15, -0.1) is 70.8 Å². The van der Waals surface area contributed by atoms with Crippen LogP contribution in [0.25, 0.3) is 99.5 Å². The molecular weight excluding hydrogens is 1170 g/mol. The van der Waals surface area contributed by atoms with E-state index in [1.54, 1.807) is 6.20 Å². The zero-order valence-corrected chi connectivity index (χ0v) is 47.7. The summed E-state index contributed by atoms with van der Waals surface area (Å²) in [4.78, 5) is 8.92. The van der Waals surface area contributed by atoms with Crippen LogP contribution in [0.2, 0.25) is 0 Å². The van der Waals surface area contributed by atoms with Crippen LogP contribution in [0, 0.1) is 12.1 Å². The van der Waals surface area contributed by atoms with Crippen molar-refractivity contribution in [3.63, 3.8) is 0 Å². The van der Waals surface area contributed by atoms with E-state index in [4.69, 9.17) is 4.98 Å². The Morgan fingerprint density at radius 3 is 1.26 bits per heavy atom. The molecule has 82 heavy (non-hydrogen) atoms. The molecule has 4 nitrogen and oxygen atoms in total. The molecule has 1 radical (unpaired) electrons. The van der Waals surface area contributed by atoms with E-state index < -0.39 is 0 Å². The van der Waals surface area contributed by atoms with Crippen molar-refractivity contribution in [2.24, 2.45) is 0 Å². The monoisotopic (exact) mass is 1230 g/mol. The number of pyridine rings is 2. The SMILES string of the molecule is [Ir].[c-]1cc2c(cc1-c1ccccn1)CC1(C2)c2cc(-c3ccc(CCn4c5ccccc5c5ccccc54)cc3)ccc2-c2ccc(-c3ccc(CCn4c5ccccc5c5ccccc54)cc3)cc21.[c-]1ccccc1-c1ccccn1. The number of aromatic nitrogens is 4. The van der Waals surface area contributed by atoms with Crippen LogP contribution in [0.15, 0.2) is 267 Å². The van der Waals surface area contributed by atoms with Crippen LogP contribution in [0.1, 0.15) is 33.4 Å². The Hall–Kier alpha value is -9.25. The Balaban J connectivity index is 0.000000411. The minimum Gasteiger partial charge on any atom is -0.340 e. The van der Waals surface area contributed by atoms with Crippen molar-refractivity contribution >= 4 is 43.6 Å². The molecule has 0 saturated carbocycles. The minimum absolute atomic E-state index is 0. The largest absolute Gasteiger partial charge is 0.340 e. The Kier molecular flexibility index (Phi) is 13.5. The molecule has 0 bridgehead atoms. The van der Waals surface area contributed by atoms with Gasteiger partial charge in [0.15, 0.2) is 0 Å². The van der Waals surface area contributed by atoms with Crippen molar-refractivity contribution in [3.8, 4) is 55.9 Å². The number of nitrogens with zero attached hydrogens (tertiary/aromatic N) is 4. The second kappa shape index (κ2) is 21.7. The molecule has 16 rings (SSSR count). The van der Waals surface area contributed by atoms with E-state index in [-0.39, 0.29) is 25.5 Å². The van der Waals surface area contributed by atoms with Crippen molar-refractivity contribution in [1.29, 1.82) is 0 Å². The van der Waals surface area contributed by atoms with E-state index in [1.807, 2.05) is 54.7 Å². The topological polar surface area (TPSA) is 35.6 Å². The molecule has 0 amide bonds. The Labute approximate surface area is 492 Å². The summed E-state index contributed by atoms with van der Waals surface area (Å²) in [6.07, 6.45) is 7.48. The quantitative estimate of drug-likeness (QED) is 0.128. The minimum atomic E-state index is -0.194. The van der Waals surface area contributed by atoms with E-state index in [0.29, 0.717) is 0 Å². The second-order valence-electron chi connectivity index (χ2n) is 21.8. The molecule has 10 aromatic carbocycles. The van der Waals surface area contributed by atoms with Crippen LogP contribution in [0.4, 0.5) is 0 Å². The maximum Gasteiger partial charge on any atom is 0.0491 e. The molecule has 395 valence electrons. The summed E-state index contributed by atoms with van der Waals surface area (Å²) in [5.41, 5.74) is 25.1. The Bertz CT molecular complexity index is 4260. The third-order valence-corrected chi connectivity index (χ3v) is 17.3. The molecule has 4 aromatic heterocycles. The van der Waals surface area contributed by atoms with Gasteiger partial charge >= 0.3 is 0 Å². The molecule has 5 heteroatoms. The van der Waals surface area contributed by atoms with Gasteiger partial charge in [0.25, 0.3) is 0 Å². The molecule has 2 aliphatic carbocycles. The fourth-order valence-corrected chi connectivity index (χ4v) is 13.3. The fourth-order valence-electron chi connectivity index (χ4n) is 13.3. The fraction of sp³-hybridized carbons (Fsp3) is 0.0909. The van der Waals surface area contributed by atoms with E-state index in [1.165, 1.54) is 110 Å². The van der Waals surface area contributed by atoms with Crippen LogP contribution in [-0.4, -0.2) is 19.1 Å². The molecule has 1 spiro atoms. The number of benzene rings is 10. The van der Waals surface area contributed by atoms with Crippen molar-refractivity contribution in [2.45, 2.75) is 44.2 Å². The summed E-state index contributed by atoms with van der Waals surface area (Å²) in [5, 5.41) is 5.30. The molecule has 0 unspecified atom stereocenters. The molecule has 0 aliphatic heterocycles. The molecular formula is C77H56IrN4-2. The Morgan fingerprint density at radius 2 is 0.805 bits per heavy atom. The van der Waals surface area contributed by atoms with Crippen molar-refractivity contribution in [2.75, 3.05) is 0 Å². The Morgan fingerprint density at radius 1 is 0.378 bits per heavy atom. The van der Waals surface area contributed by atoms with Gasteiger partial charge in [0.05, 0.1) is 0 Å². The predicted octanol–water partition coefficient (Wildman–Crippen LogP) is 18.2. The maximum absolute atomic E-state index is 4.70. The third-order valence-electron chi connectivity index (χ3n) is 17.3. The molecule has 4 heterocycles. The third kappa shape index (κ3) is 9.17. The predicted molar refractivity (Wildman–Crippen MR) is 334 cm³/mol. The zero-order valence-electron chi connectivity index (χ0n) is 45.3. The molecule has 0 N–H and O–H groups in total. The number of para-hydroxylation sites is 4. The van der Waals surface area contributed by atoms with Crippen molar-refractivity contribution in [1.82, 2.24) is 19.1 Å². The summed E-state index contributed by atoms with van der Waals surface area (Å²) < 4.78 is 4.98. The van der Waals surface area contributed by atoms with Crippen molar-refractivity contribution < 1.29 is 20.1 Å². The number of hydrogen-bond acceptors (Lipinski definition) is 2. The van der Waals surface area contributed by atoms with E-state index in [0.717, 1.165) is 61.3 Å². The van der Waals surface area contributed by atoms with Gasteiger partial charge in [0, 0.05) is 94.6 Å². The van der Waals surface area contributed by atoms with Gasteiger partial charge in [-0.2, -0.15) is 0 Å². The maximum atomic E-state index is 4.70. The molecule has 0 fully saturated rings. The second-order valence-corrected chi connectivity index (χ2v) is 21.8. The molecule has 2 aliphatic rings. The van der Waals surface area contributed by atoms with Gasteiger partial charge < -0.3 is 19.1 Å². The number of rotatable bonds is 10. The van der Waals surface area contributed by atoms with Gasteiger partial charge in [0.1, 0.15) is 0 Å². The van der Waals surface area contributed by atoms with Gasteiger partial charge in [-0.25, -0.2) is 0 Å². The average Bonchev–Trinajstić information content (AvgIpc) is 4.44. The molecule has 0 atom stereocenters. The smallest absolute Gasteiger partial charge is 0.0491 e. The molecule has 14 aromatic rings. The van der Waals surface area contributed by atoms with Crippen molar-refractivity contribution in [3.05, 3.63) is 313 Å². The zero-order chi connectivity index (χ0) is 53.7. The summed E-state index contributed by atoms with van der Waals surface area (Å²) >= 11 is 0.